The van der Waals surface area contributed by atoms with Crippen molar-refractivity contribution in [2.24, 2.45) is 0 Å². The summed E-state index contributed by atoms with van der Waals surface area (Å²) in [6, 6.07) is 0. The van der Waals surface area contributed by atoms with E-state index in [0.717, 1.165) is 51.4 Å². The number of amides is 1. The Kier molecular flexibility index (Phi) is 42.7. The normalized spacial score (nSPS) is 12.1. The largest absolute Gasteiger partial charge is 0.391 e. The second kappa shape index (κ2) is 43.5. The zero-order valence-corrected chi connectivity index (χ0v) is 35.0. The van der Waals surface area contributed by atoms with Crippen molar-refractivity contribution in [2.75, 3.05) is 6.54 Å². The van der Waals surface area contributed by atoms with Gasteiger partial charge >= 0.3 is 0 Å². The van der Waals surface area contributed by atoms with Gasteiger partial charge in [-0.3, -0.25) is 9.59 Å². The van der Waals surface area contributed by atoms with Crippen molar-refractivity contribution in [1.29, 1.82) is 0 Å². The van der Waals surface area contributed by atoms with Crippen molar-refractivity contribution in [2.45, 2.75) is 283 Å². The molecule has 0 unspecified atom stereocenters. The zero-order chi connectivity index (χ0) is 37.1. The molecule has 0 aromatic carbocycles. The maximum Gasteiger partial charge on any atom is 0.220 e. The third-order valence-electron chi connectivity index (χ3n) is 11.1. The number of unbranched alkanes of at least 4 members (excludes halogenated alkanes) is 34. The van der Waals surface area contributed by atoms with Gasteiger partial charge in [0.05, 0.1) is 6.10 Å². The molecule has 0 aliphatic rings. The van der Waals surface area contributed by atoms with E-state index in [2.05, 4.69) is 19.2 Å². The molecule has 0 bridgehead atoms. The van der Waals surface area contributed by atoms with Crippen LogP contribution in [0.1, 0.15) is 277 Å². The van der Waals surface area contributed by atoms with Crippen LogP contribution in [0.2, 0.25) is 0 Å². The van der Waals surface area contributed by atoms with Crippen LogP contribution in [-0.4, -0.2) is 29.4 Å². The van der Waals surface area contributed by atoms with Gasteiger partial charge in [0.1, 0.15) is 5.78 Å². The van der Waals surface area contributed by atoms with Crippen LogP contribution < -0.4 is 5.32 Å². The number of aliphatic hydroxyl groups is 1. The summed E-state index contributed by atoms with van der Waals surface area (Å²) < 4.78 is 0. The fourth-order valence-electron chi connectivity index (χ4n) is 7.48. The number of aliphatic hydroxyl groups excluding tert-OH is 1. The topological polar surface area (TPSA) is 66.4 Å². The lowest BCUT2D eigenvalue weighted by atomic mass is 10.0. The van der Waals surface area contributed by atoms with Crippen LogP contribution in [0.5, 0.6) is 0 Å². The van der Waals surface area contributed by atoms with Gasteiger partial charge in [0.15, 0.2) is 0 Å². The van der Waals surface area contributed by atoms with E-state index in [9.17, 15) is 14.7 Å². The molecular formula is C47H93NO3. The number of nitrogens with one attached hydrogen (secondary N) is 1. The van der Waals surface area contributed by atoms with Gasteiger partial charge in [-0.05, 0) is 25.7 Å². The molecule has 2 N–H and O–H groups in total. The number of hydrogen-bond acceptors (Lipinski definition) is 3. The summed E-state index contributed by atoms with van der Waals surface area (Å²) in [7, 11) is 0. The maximum absolute atomic E-state index is 12.2. The minimum atomic E-state index is -0.399. The second-order valence-electron chi connectivity index (χ2n) is 16.4. The van der Waals surface area contributed by atoms with Gasteiger partial charge < -0.3 is 10.4 Å². The molecule has 1 amide bonds. The van der Waals surface area contributed by atoms with Crippen LogP contribution in [0.3, 0.4) is 0 Å². The fraction of sp³-hybridized carbons (Fsp3) is 0.957. The van der Waals surface area contributed by atoms with Crippen molar-refractivity contribution < 1.29 is 14.7 Å². The van der Waals surface area contributed by atoms with Gasteiger partial charge in [-0.1, -0.05) is 232 Å². The number of ketones is 1. The van der Waals surface area contributed by atoms with Crippen LogP contribution in [0, 0.1) is 0 Å². The highest BCUT2D eigenvalue weighted by Gasteiger charge is 2.07. The Morgan fingerprint density at radius 3 is 0.941 bits per heavy atom. The molecule has 0 fully saturated rings. The minimum absolute atomic E-state index is 0.101. The standard InChI is InChI=1S/C47H93NO3/c1-3-5-7-9-11-13-15-16-17-22-26-30-34-38-42-46(50)44-48-47(51)43-39-35-31-27-23-19-18-21-25-29-33-37-41-45(49)40-36-32-28-24-20-14-12-10-8-6-4-2/h46,50H,3-44H2,1-2H3,(H,48,51)/t46-/m0/s1. The third kappa shape index (κ3) is 43.4. The first-order valence-electron chi connectivity index (χ1n) is 23.6. The molecule has 304 valence electrons. The van der Waals surface area contributed by atoms with Crippen molar-refractivity contribution in [1.82, 2.24) is 5.32 Å². The number of hydrogen-bond donors (Lipinski definition) is 2. The quantitative estimate of drug-likeness (QED) is 0.0616. The molecular weight excluding hydrogens is 627 g/mol. The van der Waals surface area contributed by atoms with Crippen molar-refractivity contribution in [3.63, 3.8) is 0 Å². The Balaban J connectivity index is 3.30. The summed E-state index contributed by atoms with van der Waals surface area (Å²) in [5, 5.41) is 13.2. The summed E-state index contributed by atoms with van der Waals surface area (Å²) in [5.74, 6) is 0.597. The molecule has 51 heavy (non-hydrogen) atoms. The third-order valence-corrected chi connectivity index (χ3v) is 11.1. The van der Waals surface area contributed by atoms with E-state index in [1.165, 1.54) is 205 Å². The average molecular weight is 720 g/mol. The molecule has 0 heterocycles. The number of carbonyl (C=O) groups excluding carboxylic acids is 2. The lowest BCUT2D eigenvalue weighted by molar-refractivity contribution is -0.121. The Morgan fingerprint density at radius 1 is 0.373 bits per heavy atom. The van der Waals surface area contributed by atoms with Crippen LogP contribution in [0.4, 0.5) is 0 Å². The predicted molar refractivity (Wildman–Crippen MR) is 225 cm³/mol. The van der Waals surface area contributed by atoms with Gasteiger partial charge in [-0.15, -0.1) is 0 Å². The van der Waals surface area contributed by atoms with Crippen molar-refractivity contribution >= 4 is 11.7 Å². The molecule has 0 aliphatic heterocycles. The molecule has 0 aromatic heterocycles. The first-order valence-corrected chi connectivity index (χ1v) is 23.6. The molecule has 4 nitrogen and oxygen atoms in total. The molecule has 4 heteroatoms. The summed E-state index contributed by atoms with van der Waals surface area (Å²) in [6.45, 7) is 4.97. The summed E-state index contributed by atoms with van der Waals surface area (Å²) in [5.41, 5.74) is 0. The second-order valence-corrected chi connectivity index (χ2v) is 16.4. The number of Topliss-reactive ketones (excluding diaryl/α,β-unsaturated/α-hetero) is 1. The molecule has 0 saturated heterocycles. The summed E-state index contributed by atoms with van der Waals surface area (Å²) in [4.78, 5) is 24.3. The van der Waals surface area contributed by atoms with E-state index in [1.54, 1.807) is 0 Å². The molecule has 0 aliphatic carbocycles. The van der Waals surface area contributed by atoms with Crippen LogP contribution >= 0.6 is 0 Å². The van der Waals surface area contributed by atoms with E-state index in [4.69, 9.17) is 0 Å². The Hall–Kier alpha value is -0.900. The lowest BCUT2D eigenvalue weighted by Gasteiger charge is -2.12. The Labute approximate surface area is 320 Å². The first kappa shape index (κ1) is 50.1. The maximum atomic E-state index is 12.2. The molecule has 1 atom stereocenters. The van der Waals surface area contributed by atoms with Gasteiger partial charge in [0.2, 0.25) is 5.91 Å². The monoisotopic (exact) mass is 720 g/mol. The fourth-order valence-corrected chi connectivity index (χ4v) is 7.48. The Morgan fingerprint density at radius 2 is 0.627 bits per heavy atom. The first-order chi connectivity index (χ1) is 25.1. The van der Waals surface area contributed by atoms with E-state index in [1.807, 2.05) is 0 Å². The van der Waals surface area contributed by atoms with E-state index in [0.29, 0.717) is 18.7 Å². The van der Waals surface area contributed by atoms with Crippen molar-refractivity contribution in [3.8, 4) is 0 Å². The van der Waals surface area contributed by atoms with Crippen molar-refractivity contribution in [3.05, 3.63) is 0 Å². The number of carbonyl (C=O) groups is 2. The van der Waals surface area contributed by atoms with Crippen LogP contribution in [0.15, 0.2) is 0 Å². The molecule has 0 rings (SSSR count). The highest BCUT2D eigenvalue weighted by atomic mass is 16.3. The zero-order valence-electron chi connectivity index (χ0n) is 35.0. The van der Waals surface area contributed by atoms with E-state index >= 15 is 0 Å². The predicted octanol–water partition coefficient (Wildman–Crippen LogP) is 15.1. The molecule has 0 radical (unpaired) electrons. The molecule has 0 saturated carbocycles. The summed E-state index contributed by atoms with van der Waals surface area (Å²) >= 11 is 0. The molecule has 0 spiro atoms. The van der Waals surface area contributed by atoms with Crippen LogP contribution in [0.25, 0.3) is 0 Å². The average Bonchev–Trinajstić information content (AvgIpc) is 3.13. The highest BCUT2D eigenvalue weighted by molar-refractivity contribution is 5.78. The number of rotatable bonds is 44. The minimum Gasteiger partial charge on any atom is -0.391 e. The SMILES string of the molecule is CCCCCCCCCCCCCCCC[C@H](O)CNC(=O)CCCCCCCCCCCCCCC(=O)CCCCCCCCCCCCC. The van der Waals surface area contributed by atoms with Gasteiger partial charge in [0.25, 0.3) is 0 Å². The van der Waals surface area contributed by atoms with E-state index in [-0.39, 0.29) is 5.91 Å². The van der Waals surface area contributed by atoms with E-state index < -0.39 is 6.10 Å². The summed E-state index contributed by atoms with van der Waals surface area (Å²) in [6.07, 6.45) is 51.1. The van der Waals surface area contributed by atoms with Gasteiger partial charge in [-0.2, -0.15) is 0 Å². The van der Waals surface area contributed by atoms with Crippen LogP contribution in [-0.2, 0) is 9.59 Å². The highest BCUT2D eigenvalue weighted by Crippen LogP contribution is 2.16. The van der Waals surface area contributed by atoms with Gasteiger partial charge in [-0.25, -0.2) is 0 Å². The lowest BCUT2D eigenvalue weighted by Crippen LogP contribution is -2.31. The molecule has 0 aromatic rings. The van der Waals surface area contributed by atoms with Gasteiger partial charge in [0, 0.05) is 25.8 Å². The Bertz CT molecular complexity index is 695. The smallest absolute Gasteiger partial charge is 0.220 e.